The lowest BCUT2D eigenvalue weighted by Gasteiger charge is -2.66. The number of allylic oxidation sites excluding steroid dienone is 1. The molecule has 5 atom stereocenters. The maximum absolute atomic E-state index is 13.3. The predicted octanol–water partition coefficient (Wildman–Crippen LogP) is 2.73. The van der Waals surface area contributed by atoms with Crippen molar-refractivity contribution < 1.29 is 23.9 Å². The van der Waals surface area contributed by atoms with Gasteiger partial charge >= 0.3 is 5.97 Å². The molecular formula is C24H31N2O4+. The Morgan fingerprint density at radius 2 is 2.17 bits per heavy atom. The Labute approximate surface area is 177 Å². The number of aliphatic hydroxyl groups excluding tert-OH is 1. The highest BCUT2D eigenvalue weighted by Crippen LogP contribution is 2.63. The molecule has 6 nitrogen and oxygen atoms in total. The molecule has 0 amide bonds. The van der Waals surface area contributed by atoms with Gasteiger partial charge in [0.05, 0.1) is 39.1 Å². The Bertz CT molecular complexity index is 1090. The third-order valence-electron chi connectivity index (χ3n) is 8.53. The van der Waals surface area contributed by atoms with Crippen LogP contribution in [0.5, 0.6) is 5.75 Å². The van der Waals surface area contributed by atoms with E-state index >= 15 is 0 Å². The molecule has 1 N–H and O–H groups in total. The van der Waals surface area contributed by atoms with Crippen LogP contribution in [0.15, 0.2) is 29.8 Å². The normalized spacial score (nSPS) is 35.5. The first kappa shape index (κ1) is 19.6. The van der Waals surface area contributed by atoms with Crippen LogP contribution in [0.3, 0.4) is 0 Å². The van der Waals surface area contributed by atoms with E-state index < -0.39 is 5.41 Å². The molecule has 1 aromatic carbocycles. The van der Waals surface area contributed by atoms with E-state index in [0.717, 1.165) is 35.1 Å². The van der Waals surface area contributed by atoms with Crippen molar-refractivity contribution in [1.29, 1.82) is 0 Å². The maximum Gasteiger partial charge on any atom is 0.320 e. The summed E-state index contributed by atoms with van der Waals surface area (Å²) >= 11 is 0. The minimum absolute atomic E-state index is 0.00274. The number of benzene rings is 1. The Morgan fingerprint density at radius 3 is 2.80 bits per heavy atom. The van der Waals surface area contributed by atoms with E-state index in [2.05, 4.69) is 30.8 Å². The molecule has 4 bridgehead atoms. The van der Waals surface area contributed by atoms with Gasteiger partial charge in [-0.25, -0.2) is 0 Å². The summed E-state index contributed by atoms with van der Waals surface area (Å²) in [5.74, 6) is 0.600. The number of carbonyl (C=O) groups is 1. The fourth-order valence-corrected chi connectivity index (χ4v) is 7.25. The molecule has 3 fully saturated rings. The van der Waals surface area contributed by atoms with Gasteiger partial charge in [0, 0.05) is 31.2 Å². The molecule has 30 heavy (non-hydrogen) atoms. The first-order chi connectivity index (χ1) is 14.4. The molecule has 4 aliphatic heterocycles. The topological polar surface area (TPSA) is 60.7 Å². The fraction of sp³-hybridized carbons (Fsp3) is 0.542. The summed E-state index contributed by atoms with van der Waals surface area (Å²) in [7, 11) is 7.56. The Hall–Kier alpha value is -2.31. The summed E-state index contributed by atoms with van der Waals surface area (Å²) in [5, 5.41) is 11.9. The van der Waals surface area contributed by atoms with Gasteiger partial charge < -0.3 is 23.6 Å². The number of piperidine rings is 3. The van der Waals surface area contributed by atoms with Crippen LogP contribution in [0, 0.1) is 11.3 Å². The van der Waals surface area contributed by atoms with Crippen molar-refractivity contribution >= 4 is 16.9 Å². The number of rotatable bonds is 3. The molecule has 0 saturated carbocycles. The highest BCUT2D eigenvalue weighted by Gasteiger charge is 2.72. The van der Waals surface area contributed by atoms with E-state index in [1.54, 1.807) is 7.11 Å². The lowest BCUT2D eigenvalue weighted by atomic mass is 9.54. The standard InChI is InChI=1S/C24H31N2O4/c1-6-14-12-26(3)18-11-17(14)24(13-27,23(28)30-5)20(26)10-16-15-8-7-9-19(29-4)22(15)25(2)21(16)18/h6-9,17-18,20,27H,10-13H2,1-5H3/q+1/b14-6-/t17?,18-,20-,24?,26?/m0/s1. The molecule has 3 unspecified atom stereocenters. The van der Waals surface area contributed by atoms with E-state index in [-0.39, 0.29) is 30.6 Å². The Morgan fingerprint density at radius 1 is 1.40 bits per heavy atom. The fourth-order valence-electron chi connectivity index (χ4n) is 7.25. The summed E-state index contributed by atoms with van der Waals surface area (Å²) in [4.78, 5) is 13.3. The van der Waals surface area contributed by atoms with Gasteiger partial charge in [-0.3, -0.25) is 4.79 Å². The summed E-state index contributed by atoms with van der Waals surface area (Å²) in [5.41, 5.74) is 4.12. The monoisotopic (exact) mass is 411 g/mol. The van der Waals surface area contributed by atoms with Crippen molar-refractivity contribution in [2.24, 2.45) is 18.4 Å². The highest BCUT2D eigenvalue weighted by molar-refractivity contribution is 5.91. The number of fused-ring (bicyclic) bond motifs is 4. The highest BCUT2D eigenvalue weighted by atomic mass is 16.5. The van der Waals surface area contributed by atoms with Crippen LogP contribution < -0.4 is 4.74 Å². The minimum Gasteiger partial charge on any atom is -0.495 e. The zero-order valence-electron chi connectivity index (χ0n) is 18.4. The van der Waals surface area contributed by atoms with Gasteiger partial charge in [-0.2, -0.15) is 0 Å². The molecule has 5 heterocycles. The number of nitrogens with zero attached hydrogens (tertiary/aromatic N) is 2. The average molecular weight is 412 g/mol. The molecule has 4 aliphatic rings. The largest absolute Gasteiger partial charge is 0.495 e. The number of para-hydroxylation sites is 1. The number of esters is 1. The second-order valence-corrected chi connectivity index (χ2v) is 9.36. The summed E-state index contributed by atoms with van der Waals surface area (Å²) in [6, 6.07) is 6.45. The van der Waals surface area contributed by atoms with E-state index in [1.165, 1.54) is 29.3 Å². The third-order valence-corrected chi connectivity index (χ3v) is 8.53. The molecule has 0 radical (unpaired) electrons. The van der Waals surface area contributed by atoms with Crippen molar-refractivity contribution in [1.82, 2.24) is 4.57 Å². The van der Waals surface area contributed by atoms with Gasteiger partial charge in [0.1, 0.15) is 29.8 Å². The third kappa shape index (κ3) is 2.04. The number of ether oxygens (including phenoxy) is 2. The second kappa shape index (κ2) is 6.34. The number of quaternary nitrogens is 1. The average Bonchev–Trinajstić information content (AvgIpc) is 3.04. The van der Waals surface area contributed by atoms with E-state index in [9.17, 15) is 9.90 Å². The molecule has 2 aromatic rings. The number of aryl methyl sites for hydroxylation is 1. The first-order valence-corrected chi connectivity index (χ1v) is 10.7. The van der Waals surface area contributed by atoms with Gasteiger partial charge in [-0.15, -0.1) is 0 Å². The quantitative estimate of drug-likeness (QED) is 0.479. The zero-order chi connectivity index (χ0) is 21.4. The first-order valence-electron chi connectivity index (χ1n) is 10.7. The summed E-state index contributed by atoms with van der Waals surface area (Å²) in [6.07, 6.45) is 3.73. The molecule has 6 heteroatoms. The molecule has 3 saturated heterocycles. The van der Waals surface area contributed by atoms with Crippen LogP contribution in [-0.2, 0) is 23.0 Å². The smallest absolute Gasteiger partial charge is 0.320 e. The second-order valence-electron chi connectivity index (χ2n) is 9.36. The maximum atomic E-state index is 13.3. The van der Waals surface area contributed by atoms with Crippen LogP contribution in [0.2, 0.25) is 0 Å². The number of methoxy groups -OCH3 is 2. The van der Waals surface area contributed by atoms with Crippen LogP contribution >= 0.6 is 0 Å². The van der Waals surface area contributed by atoms with Crippen molar-refractivity contribution in [3.63, 3.8) is 0 Å². The van der Waals surface area contributed by atoms with Gasteiger partial charge in [0.25, 0.3) is 0 Å². The Balaban J connectivity index is 1.81. The van der Waals surface area contributed by atoms with Crippen molar-refractivity contribution in [3.05, 3.63) is 41.1 Å². The predicted molar refractivity (Wildman–Crippen MR) is 114 cm³/mol. The van der Waals surface area contributed by atoms with E-state index in [1.807, 2.05) is 19.1 Å². The zero-order valence-corrected chi connectivity index (χ0v) is 18.4. The van der Waals surface area contributed by atoms with Crippen molar-refractivity contribution in [2.45, 2.75) is 31.8 Å². The van der Waals surface area contributed by atoms with Crippen LogP contribution in [0.4, 0.5) is 0 Å². The van der Waals surface area contributed by atoms with Gasteiger partial charge in [-0.1, -0.05) is 18.2 Å². The molecule has 160 valence electrons. The van der Waals surface area contributed by atoms with Crippen LogP contribution in [0.1, 0.15) is 30.6 Å². The van der Waals surface area contributed by atoms with E-state index in [4.69, 9.17) is 9.47 Å². The SMILES string of the molecule is C/C=C1/C[N+]2(C)[C@H]3CC1C(CO)(C(=O)OC)[C@@H]2Cc1c3n(C)c2c(OC)cccc12. The molecule has 0 aliphatic carbocycles. The molecule has 6 rings (SSSR count). The van der Waals surface area contributed by atoms with E-state index in [0.29, 0.717) is 0 Å². The summed E-state index contributed by atoms with van der Waals surface area (Å²) in [6.45, 7) is 2.77. The molecule has 0 spiro atoms. The number of aliphatic hydroxyl groups is 1. The van der Waals surface area contributed by atoms with Crippen LogP contribution in [0.25, 0.3) is 10.9 Å². The Kier molecular flexibility index (Phi) is 4.15. The van der Waals surface area contributed by atoms with Gasteiger partial charge in [0.15, 0.2) is 0 Å². The van der Waals surface area contributed by atoms with Crippen molar-refractivity contribution in [2.75, 3.05) is 34.4 Å². The number of hydrogen-bond donors (Lipinski definition) is 1. The summed E-state index contributed by atoms with van der Waals surface area (Å²) < 4.78 is 14.1. The number of aromatic nitrogens is 1. The number of hydrogen-bond acceptors (Lipinski definition) is 4. The number of likely N-dealkylation sites (N-methyl/N-ethyl adjacent to an activating group) is 1. The minimum atomic E-state index is -0.904. The van der Waals surface area contributed by atoms with Gasteiger partial charge in [-0.05, 0) is 24.1 Å². The lowest BCUT2D eigenvalue weighted by Crippen LogP contribution is -2.77. The lowest BCUT2D eigenvalue weighted by molar-refractivity contribution is -0.981. The number of carbonyl (C=O) groups excluding carboxylic acids is 1. The van der Waals surface area contributed by atoms with Crippen LogP contribution in [-0.4, -0.2) is 60.6 Å². The van der Waals surface area contributed by atoms with Gasteiger partial charge in [0.2, 0.25) is 0 Å². The molecular weight excluding hydrogens is 380 g/mol. The van der Waals surface area contributed by atoms with Crippen molar-refractivity contribution in [3.8, 4) is 5.75 Å². The molecule has 1 aromatic heterocycles.